The molecule has 20 heavy (non-hydrogen) atoms. The molecule has 3 heterocycles. The van der Waals surface area contributed by atoms with Crippen LogP contribution in [0.3, 0.4) is 0 Å². The first-order valence-electron chi connectivity index (χ1n) is 6.74. The van der Waals surface area contributed by atoms with Crippen LogP contribution in [0.1, 0.15) is 23.2 Å². The molecule has 0 bridgehead atoms. The molecule has 1 fully saturated rings. The van der Waals surface area contributed by atoms with Crippen molar-refractivity contribution >= 4 is 28.4 Å². The summed E-state index contributed by atoms with van der Waals surface area (Å²) in [5, 5.41) is 3.77. The Hall–Kier alpha value is -2.43. The van der Waals surface area contributed by atoms with Crippen LogP contribution < -0.4 is 10.2 Å². The van der Waals surface area contributed by atoms with Crippen LogP contribution in [0, 0.1) is 0 Å². The minimum absolute atomic E-state index is 0.0137. The summed E-state index contributed by atoms with van der Waals surface area (Å²) in [5.41, 5.74) is 2.47. The van der Waals surface area contributed by atoms with Gasteiger partial charge in [0.1, 0.15) is 0 Å². The van der Waals surface area contributed by atoms with Crippen molar-refractivity contribution in [1.29, 1.82) is 0 Å². The van der Waals surface area contributed by atoms with E-state index in [1.54, 1.807) is 6.20 Å². The van der Waals surface area contributed by atoms with E-state index >= 15 is 0 Å². The lowest BCUT2D eigenvalue weighted by molar-refractivity contribution is -0.122. The van der Waals surface area contributed by atoms with E-state index in [1.807, 2.05) is 29.2 Å². The van der Waals surface area contributed by atoms with Crippen molar-refractivity contribution in [3.63, 3.8) is 0 Å². The molecule has 1 aromatic carbocycles. The van der Waals surface area contributed by atoms with E-state index in [0.29, 0.717) is 24.9 Å². The number of nitrogens with zero attached hydrogens (tertiary/aromatic N) is 2. The summed E-state index contributed by atoms with van der Waals surface area (Å²) < 4.78 is 0. The topological polar surface area (TPSA) is 62.3 Å². The predicted octanol–water partition coefficient (Wildman–Crippen LogP) is 1.47. The molecule has 2 aliphatic rings. The normalized spacial score (nSPS) is 21.4. The van der Waals surface area contributed by atoms with Gasteiger partial charge in [-0.2, -0.15) is 0 Å². The third-order valence-electron chi connectivity index (χ3n) is 4.06. The van der Waals surface area contributed by atoms with Gasteiger partial charge >= 0.3 is 0 Å². The molecule has 0 aliphatic carbocycles. The lowest BCUT2D eigenvalue weighted by Gasteiger charge is -2.31. The van der Waals surface area contributed by atoms with Crippen LogP contribution in [-0.2, 0) is 4.79 Å². The van der Waals surface area contributed by atoms with Gasteiger partial charge in [0.2, 0.25) is 5.91 Å². The number of pyridine rings is 1. The van der Waals surface area contributed by atoms with Gasteiger partial charge in [0.15, 0.2) is 0 Å². The fraction of sp³-hybridized carbons (Fsp3) is 0.267. The fourth-order valence-corrected chi connectivity index (χ4v) is 3.11. The molecule has 0 spiro atoms. The van der Waals surface area contributed by atoms with E-state index in [4.69, 9.17) is 0 Å². The van der Waals surface area contributed by atoms with Crippen LogP contribution in [-0.4, -0.2) is 29.4 Å². The number of carbonyl (C=O) groups excluding carboxylic acids is 2. The lowest BCUT2D eigenvalue weighted by atomic mass is 10.1. The minimum Gasteiger partial charge on any atom is -0.354 e. The molecule has 5 nitrogen and oxygen atoms in total. The lowest BCUT2D eigenvalue weighted by Crippen LogP contribution is -2.49. The van der Waals surface area contributed by atoms with E-state index in [-0.39, 0.29) is 17.9 Å². The van der Waals surface area contributed by atoms with E-state index in [9.17, 15) is 9.59 Å². The van der Waals surface area contributed by atoms with Crippen molar-refractivity contribution in [1.82, 2.24) is 10.3 Å². The zero-order valence-electron chi connectivity index (χ0n) is 10.8. The molecule has 1 unspecified atom stereocenters. The molecule has 100 valence electrons. The third kappa shape index (κ3) is 1.46. The zero-order valence-corrected chi connectivity index (χ0v) is 10.8. The second-order valence-electron chi connectivity index (χ2n) is 5.20. The van der Waals surface area contributed by atoms with Gasteiger partial charge in [-0.05, 0) is 24.6 Å². The first-order valence-corrected chi connectivity index (χ1v) is 6.74. The molecular formula is C15H13N3O2. The first kappa shape index (κ1) is 11.4. The number of benzene rings is 1. The number of anilines is 1. The summed E-state index contributed by atoms with van der Waals surface area (Å²) in [4.78, 5) is 30.1. The summed E-state index contributed by atoms with van der Waals surface area (Å²) in [6.07, 6.45) is 2.91. The number of hydrogen-bond acceptors (Lipinski definition) is 3. The number of piperidine rings is 1. The smallest absolute Gasteiger partial charge is 0.259 e. The molecule has 1 N–H and O–H groups in total. The highest BCUT2D eigenvalue weighted by Crippen LogP contribution is 2.38. The van der Waals surface area contributed by atoms with Crippen LogP contribution >= 0.6 is 0 Å². The second kappa shape index (κ2) is 4.03. The molecule has 5 heteroatoms. The molecule has 4 rings (SSSR count). The average Bonchev–Trinajstić information content (AvgIpc) is 2.76. The molecular weight excluding hydrogens is 254 g/mol. The van der Waals surface area contributed by atoms with Crippen molar-refractivity contribution in [2.24, 2.45) is 0 Å². The Balaban J connectivity index is 1.83. The van der Waals surface area contributed by atoms with Crippen molar-refractivity contribution < 1.29 is 9.59 Å². The second-order valence-corrected chi connectivity index (χ2v) is 5.20. The van der Waals surface area contributed by atoms with Gasteiger partial charge in [-0.3, -0.25) is 14.6 Å². The molecule has 2 aromatic rings. The number of aromatic nitrogens is 1. The highest BCUT2D eigenvalue weighted by atomic mass is 16.2. The Bertz CT molecular complexity index is 726. The van der Waals surface area contributed by atoms with E-state index in [1.165, 1.54) is 0 Å². The molecule has 2 amide bonds. The number of hydrogen-bond donors (Lipinski definition) is 1. The van der Waals surface area contributed by atoms with Crippen LogP contribution in [0.15, 0.2) is 30.5 Å². The Morgan fingerprint density at radius 2 is 2.15 bits per heavy atom. The fourth-order valence-electron chi connectivity index (χ4n) is 3.11. The van der Waals surface area contributed by atoms with E-state index in [2.05, 4.69) is 10.3 Å². The first-order chi connectivity index (χ1) is 9.75. The SMILES string of the molecule is O=C1CCC(N2C(=O)c3cccc4nccc2c34)CN1. The number of rotatable bonds is 1. The molecule has 2 aliphatic heterocycles. The molecule has 1 saturated heterocycles. The quantitative estimate of drug-likeness (QED) is 0.851. The number of carbonyl (C=O) groups is 2. The van der Waals surface area contributed by atoms with Gasteiger partial charge in [0.05, 0.1) is 22.8 Å². The highest BCUT2D eigenvalue weighted by molar-refractivity contribution is 6.24. The standard InChI is InChI=1S/C15H13N3O2/c19-13-5-4-9(8-17-13)18-12-6-7-16-11-3-1-2-10(14(11)12)15(18)20/h1-3,6-7,9H,4-5,8H2,(H,17,19). The van der Waals surface area contributed by atoms with Gasteiger partial charge in [-0.25, -0.2) is 0 Å². The van der Waals surface area contributed by atoms with Crippen molar-refractivity contribution in [2.45, 2.75) is 18.9 Å². The number of nitrogens with one attached hydrogen (secondary N) is 1. The monoisotopic (exact) mass is 267 g/mol. The summed E-state index contributed by atoms with van der Waals surface area (Å²) in [7, 11) is 0. The minimum atomic E-state index is 0.0137. The van der Waals surface area contributed by atoms with Gasteiger partial charge < -0.3 is 10.2 Å². The van der Waals surface area contributed by atoms with Crippen LogP contribution in [0.5, 0.6) is 0 Å². The van der Waals surface area contributed by atoms with Crippen molar-refractivity contribution in [3.05, 3.63) is 36.0 Å². The molecule has 1 atom stereocenters. The Morgan fingerprint density at radius 3 is 2.95 bits per heavy atom. The molecule has 1 aromatic heterocycles. The largest absolute Gasteiger partial charge is 0.354 e. The van der Waals surface area contributed by atoms with Gasteiger partial charge in [-0.15, -0.1) is 0 Å². The molecule has 0 radical (unpaired) electrons. The van der Waals surface area contributed by atoms with Crippen LogP contribution in [0.4, 0.5) is 5.69 Å². The highest BCUT2D eigenvalue weighted by Gasteiger charge is 2.36. The summed E-state index contributed by atoms with van der Waals surface area (Å²) in [5.74, 6) is 0.0741. The summed E-state index contributed by atoms with van der Waals surface area (Å²) >= 11 is 0. The van der Waals surface area contributed by atoms with Gasteiger partial charge in [0, 0.05) is 24.5 Å². The molecule has 0 saturated carbocycles. The average molecular weight is 267 g/mol. The maximum atomic E-state index is 12.6. The summed E-state index contributed by atoms with van der Waals surface area (Å²) in [6, 6.07) is 7.53. The zero-order chi connectivity index (χ0) is 13.7. The Kier molecular flexibility index (Phi) is 2.30. The van der Waals surface area contributed by atoms with Gasteiger partial charge in [-0.1, -0.05) is 6.07 Å². The van der Waals surface area contributed by atoms with Crippen molar-refractivity contribution in [2.75, 3.05) is 11.4 Å². The van der Waals surface area contributed by atoms with Crippen molar-refractivity contribution in [3.8, 4) is 0 Å². The maximum absolute atomic E-state index is 12.6. The van der Waals surface area contributed by atoms with E-state index in [0.717, 1.165) is 16.6 Å². The Morgan fingerprint density at radius 1 is 1.25 bits per heavy atom. The number of amides is 2. The third-order valence-corrected chi connectivity index (χ3v) is 4.06. The maximum Gasteiger partial charge on any atom is 0.259 e. The van der Waals surface area contributed by atoms with Gasteiger partial charge in [0.25, 0.3) is 5.91 Å². The van der Waals surface area contributed by atoms with Crippen LogP contribution in [0.25, 0.3) is 10.9 Å². The van der Waals surface area contributed by atoms with E-state index < -0.39 is 0 Å². The predicted molar refractivity (Wildman–Crippen MR) is 74.6 cm³/mol. The Labute approximate surface area is 115 Å². The van der Waals surface area contributed by atoms with Crippen LogP contribution in [0.2, 0.25) is 0 Å². The summed E-state index contributed by atoms with van der Waals surface area (Å²) in [6.45, 7) is 0.516.